The van der Waals surface area contributed by atoms with E-state index in [0.29, 0.717) is 18.1 Å². The zero-order chi connectivity index (χ0) is 22.5. The molecule has 1 atom stereocenters. The van der Waals surface area contributed by atoms with E-state index in [-0.39, 0.29) is 11.9 Å². The van der Waals surface area contributed by atoms with E-state index in [0.717, 1.165) is 29.5 Å². The van der Waals surface area contributed by atoms with Gasteiger partial charge in [0, 0.05) is 12.1 Å². The van der Waals surface area contributed by atoms with Crippen LogP contribution in [0.5, 0.6) is 0 Å². The highest BCUT2D eigenvalue weighted by atomic mass is 32.2. The Labute approximate surface area is 198 Å². The Hall–Kier alpha value is -3.38. The number of hydrogen-bond donors (Lipinski definition) is 1. The number of para-hydroxylation sites is 1. The van der Waals surface area contributed by atoms with Crippen molar-refractivity contribution < 1.29 is 4.79 Å². The van der Waals surface area contributed by atoms with Crippen LogP contribution in [0.2, 0.25) is 0 Å². The maximum Gasteiger partial charge on any atom is 0.230 e. The lowest BCUT2D eigenvalue weighted by Crippen LogP contribution is -2.31. The second-order valence-corrected chi connectivity index (χ2v) is 9.26. The van der Waals surface area contributed by atoms with Gasteiger partial charge in [-0.3, -0.25) is 9.36 Å². The molecule has 1 aromatic heterocycles. The SMILES string of the molecule is O=C(CSc1nnc(Cc2ccccc2)n1-c1ccccc1)NC(c1ccccc1)C1CC1. The molecule has 166 valence electrons. The first-order valence-electron chi connectivity index (χ1n) is 11.3. The van der Waals surface area contributed by atoms with Crippen LogP contribution in [0, 0.1) is 5.92 Å². The fourth-order valence-electron chi connectivity index (χ4n) is 4.03. The molecule has 1 aliphatic carbocycles. The van der Waals surface area contributed by atoms with Gasteiger partial charge in [0.25, 0.3) is 0 Å². The number of hydrogen-bond acceptors (Lipinski definition) is 4. The van der Waals surface area contributed by atoms with Crippen molar-refractivity contribution in [3.8, 4) is 5.69 Å². The number of nitrogens with one attached hydrogen (secondary N) is 1. The van der Waals surface area contributed by atoms with Crippen molar-refractivity contribution in [3.05, 3.63) is 108 Å². The quantitative estimate of drug-likeness (QED) is 0.352. The number of amides is 1. The Morgan fingerprint density at radius 3 is 2.21 bits per heavy atom. The number of aromatic nitrogens is 3. The molecular weight excluding hydrogens is 428 g/mol. The number of carbonyl (C=O) groups excluding carboxylic acids is 1. The number of thioether (sulfide) groups is 1. The number of nitrogens with zero attached hydrogens (tertiary/aromatic N) is 3. The molecular formula is C27H26N4OS. The van der Waals surface area contributed by atoms with Crippen LogP contribution in [-0.4, -0.2) is 26.4 Å². The van der Waals surface area contributed by atoms with Crippen molar-refractivity contribution in [1.29, 1.82) is 0 Å². The predicted molar refractivity (Wildman–Crippen MR) is 131 cm³/mol. The highest BCUT2D eigenvalue weighted by molar-refractivity contribution is 7.99. The number of carbonyl (C=O) groups is 1. The van der Waals surface area contributed by atoms with Gasteiger partial charge in [0.1, 0.15) is 5.82 Å². The zero-order valence-corrected chi connectivity index (χ0v) is 19.1. The second kappa shape index (κ2) is 10.0. The Morgan fingerprint density at radius 2 is 1.55 bits per heavy atom. The average Bonchev–Trinajstić information content (AvgIpc) is 3.63. The molecule has 4 aromatic rings. The van der Waals surface area contributed by atoms with Gasteiger partial charge in [-0.05, 0) is 42.0 Å². The Balaban J connectivity index is 1.32. The molecule has 1 aliphatic rings. The summed E-state index contributed by atoms with van der Waals surface area (Å²) in [6, 6.07) is 30.7. The molecule has 0 bridgehead atoms. The van der Waals surface area contributed by atoms with Crippen LogP contribution in [0.3, 0.4) is 0 Å². The van der Waals surface area contributed by atoms with Gasteiger partial charge in [-0.2, -0.15) is 0 Å². The van der Waals surface area contributed by atoms with Crippen molar-refractivity contribution in [2.24, 2.45) is 5.92 Å². The van der Waals surface area contributed by atoms with Crippen LogP contribution in [0.4, 0.5) is 0 Å². The summed E-state index contributed by atoms with van der Waals surface area (Å²) in [6.45, 7) is 0. The molecule has 1 heterocycles. The second-order valence-electron chi connectivity index (χ2n) is 8.31. The fourth-order valence-corrected chi connectivity index (χ4v) is 4.81. The van der Waals surface area contributed by atoms with Crippen LogP contribution in [-0.2, 0) is 11.2 Å². The van der Waals surface area contributed by atoms with Crippen LogP contribution in [0.25, 0.3) is 5.69 Å². The highest BCUT2D eigenvalue weighted by Crippen LogP contribution is 2.41. The van der Waals surface area contributed by atoms with E-state index in [2.05, 4.69) is 44.3 Å². The molecule has 5 rings (SSSR count). The molecule has 1 N–H and O–H groups in total. The third kappa shape index (κ3) is 5.34. The molecule has 6 heteroatoms. The van der Waals surface area contributed by atoms with Crippen LogP contribution >= 0.6 is 11.8 Å². The minimum absolute atomic E-state index is 0.0213. The Bertz CT molecular complexity index is 1190. The summed E-state index contributed by atoms with van der Waals surface area (Å²) in [5.74, 6) is 1.71. The van der Waals surface area contributed by atoms with Crippen molar-refractivity contribution in [1.82, 2.24) is 20.1 Å². The topological polar surface area (TPSA) is 59.8 Å². The summed E-state index contributed by atoms with van der Waals surface area (Å²) in [5.41, 5.74) is 3.35. The molecule has 33 heavy (non-hydrogen) atoms. The van der Waals surface area contributed by atoms with Crippen LogP contribution in [0.15, 0.2) is 96.2 Å². The van der Waals surface area contributed by atoms with Gasteiger partial charge in [-0.1, -0.05) is 90.6 Å². The normalized spacial score (nSPS) is 14.1. The van der Waals surface area contributed by atoms with E-state index in [1.807, 2.05) is 66.7 Å². The van der Waals surface area contributed by atoms with E-state index >= 15 is 0 Å². The fraction of sp³-hybridized carbons (Fsp3) is 0.222. The van der Waals surface area contributed by atoms with E-state index in [1.165, 1.54) is 22.9 Å². The first kappa shape index (κ1) is 21.5. The molecule has 0 spiro atoms. The van der Waals surface area contributed by atoms with E-state index in [1.54, 1.807) is 0 Å². The van der Waals surface area contributed by atoms with Gasteiger partial charge >= 0.3 is 0 Å². The van der Waals surface area contributed by atoms with Gasteiger partial charge < -0.3 is 5.32 Å². The molecule has 0 aliphatic heterocycles. The summed E-state index contributed by atoms with van der Waals surface area (Å²) in [7, 11) is 0. The molecule has 1 amide bonds. The summed E-state index contributed by atoms with van der Waals surface area (Å²) in [5, 5.41) is 12.9. The minimum Gasteiger partial charge on any atom is -0.348 e. The molecule has 0 radical (unpaired) electrons. The van der Waals surface area contributed by atoms with Gasteiger partial charge in [0.15, 0.2) is 5.16 Å². The summed E-state index contributed by atoms with van der Waals surface area (Å²) >= 11 is 1.43. The molecule has 5 nitrogen and oxygen atoms in total. The van der Waals surface area contributed by atoms with Crippen molar-refractivity contribution in [2.75, 3.05) is 5.75 Å². The van der Waals surface area contributed by atoms with Crippen molar-refractivity contribution in [2.45, 2.75) is 30.5 Å². The minimum atomic E-state index is 0.0213. The smallest absolute Gasteiger partial charge is 0.230 e. The van der Waals surface area contributed by atoms with E-state index in [4.69, 9.17) is 0 Å². The standard InChI is InChI=1S/C27H26N4OS/c32-25(28-26(22-16-17-22)21-12-6-2-7-13-21)19-33-27-30-29-24(18-20-10-4-1-5-11-20)31(27)23-14-8-3-9-15-23/h1-15,22,26H,16-19H2,(H,28,32). The van der Waals surface area contributed by atoms with Crippen LogP contribution in [0.1, 0.15) is 35.8 Å². The lowest BCUT2D eigenvalue weighted by molar-refractivity contribution is -0.119. The monoisotopic (exact) mass is 454 g/mol. The van der Waals surface area contributed by atoms with E-state index < -0.39 is 0 Å². The lowest BCUT2D eigenvalue weighted by atomic mass is 10.0. The molecule has 1 unspecified atom stereocenters. The van der Waals surface area contributed by atoms with E-state index in [9.17, 15) is 4.79 Å². The average molecular weight is 455 g/mol. The zero-order valence-electron chi connectivity index (χ0n) is 18.3. The largest absolute Gasteiger partial charge is 0.348 e. The van der Waals surface area contributed by atoms with Gasteiger partial charge in [0.05, 0.1) is 11.8 Å². The first-order valence-corrected chi connectivity index (χ1v) is 12.3. The maximum atomic E-state index is 12.9. The molecule has 1 fully saturated rings. The van der Waals surface area contributed by atoms with Crippen molar-refractivity contribution >= 4 is 17.7 Å². The molecule has 3 aromatic carbocycles. The summed E-state index contributed by atoms with van der Waals surface area (Å²) in [4.78, 5) is 12.9. The third-order valence-electron chi connectivity index (χ3n) is 5.82. The highest BCUT2D eigenvalue weighted by Gasteiger charge is 2.33. The Kier molecular flexibility index (Phi) is 6.53. The summed E-state index contributed by atoms with van der Waals surface area (Å²) in [6.07, 6.45) is 3.00. The van der Waals surface area contributed by atoms with Crippen LogP contribution < -0.4 is 5.32 Å². The van der Waals surface area contributed by atoms with Gasteiger partial charge in [0.2, 0.25) is 5.91 Å². The number of rotatable bonds is 9. The Morgan fingerprint density at radius 1 is 0.909 bits per heavy atom. The summed E-state index contributed by atoms with van der Waals surface area (Å²) < 4.78 is 2.06. The third-order valence-corrected chi connectivity index (χ3v) is 6.75. The first-order chi connectivity index (χ1) is 16.3. The van der Waals surface area contributed by atoms with Gasteiger partial charge in [-0.25, -0.2) is 0 Å². The van der Waals surface area contributed by atoms with Gasteiger partial charge in [-0.15, -0.1) is 10.2 Å². The number of benzene rings is 3. The lowest BCUT2D eigenvalue weighted by Gasteiger charge is -2.18. The molecule has 0 saturated heterocycles. The van der Waals surface area contributed by atoms with Crippen molar-refractivity contribution in [3.63, 3.8) is 0 Å². The molecule has 1 saturated carbocycles. The predicted octanol–water partition coefficient (Wildman–Crippen LogP) is 5.22. The maximum absolute atomic E-state index is 12.9.